The molecule has 4 aromatic rings. The van der Waals surface area contributed by atoms with E-state index in [9.17, 15) is 9.59 Å². The molecule has 0 bridgehead atoms. The van der Waals surface area contributed by atoms with Crippen LogP contribution >= 0.6 is 0 Å². The average Bonchev–Trinajstić information content (AvgIpc) is 3.52. The van der Waals surface area contributed by atoms with Crippen molar-refractivity contribution in [3.05, 3.63) is 71.6 Å². The van der Waals surface area contributed by atoms with Crippen LogP contribution in [0.1, 0.15) is 34.5 Å². The van der Waals surface area contributed by atoms with E-state index in [1.807, 2.05) is 48.0 Å². The number of furan rings is 1. The van der Waals surface area contributed by atoms with E-state index in [0.717, 1.165) is 23.9 Å². The molecule has 180 valence electrons. The molecule has 2 amide bonds. The molecule has 8 nitrogen and oxygen atoms in total. The highest BCUT2D eigenvalue weighted by Crippen LogP contribution is 2.28. The fourth-order valence-corrected chi connectivity index (χ4v) is 4.74. The summed E-state index contributed by atoms with van der Waals surface area (Å²) in [5.74, 6) is 0.686. The molecule has 0 atom stereocenters. The van der Waals surface area contributed by atoms with Gasteiger partial charge in [0.1, 0.15) is 5.69 Å². The Morgan fingerprint density at radius 3 is 2.46 bits per heavy atom. The van der Waals surface area contributed by atoms with Gasteiger partial charge in [-0.2, -0.15) is 5.10 Å². The lowest BCUT2D eigenvalue weighted by Gasteiger charge is -2.35. The first-order valence-electron chi connectivity index (χ1n) is 12.0. The highest BCUT2D eigenvalue weighted by Gasteiger charge is 2.28. The third-order valence-corrected chi connectivity index (χ3v) is 6.59. The second-order valence-corrected chi connectivity index (χ2v) is 8.95. The number of aromatic nitrogens is 3. The predicted molar refractivity (Wildman–Crippen MR) is 133 cm³/mol. The Morgan fingerprint density at radius 1 is 1.00 bits per heavy atom. The van der Waals surface area contributed by atoms with E-state index >= 15 is 0 Å². The second kappa shape index (κ2) is 9.74. The van der Waals surface area contributed by atoms with E-state index in [2.05, 4.69) is 17.2 Å². The minimum atomic E-state index is -0.0718. The maximum atomic E-state index is 13.6. The number of hydrogen-bond donors (Lipinski definition) is 0. The van der Waals surface area contributed by atoms with Gasteiger partial charge in [-0.1, -0.05) is 30.3 Å². The predicted octanol–water partition coefficient (Wildman–Crippen LogP) is 3.84. The molecular formula is C27H29N5O3. The van der Waals surface area contributed by atoms with Gasteiger partial charge in [-0.05, 0) is 43.5 Å². The van der Waals surface area contributed by atoms with Gasteiger partial charge in [0, 0.05) is 39.6 Å². The second-order valence-electron chi connectivity index (χ2n) is 8.95. The summed E-state index contributed by atoms with van der Waals surface area (Å²) < 4.78 is 7.23. The van der Waals surface area contributed by atoms with Gasteiger partial charge >= 0.3 is 0 Å². The first-order valence-corrected chi connectivity index (χ1v) is 12.0. The number of piperazine rings is 1. The van der Waals surface area contributed by atoms with E-state index in [-0.39, 0.29) is 11.8 Å². The summed E-state index contributed by atoms with van der Waals surface area (Å²) in [7, 11) is 1.82. The van der Waals surface area contributed by atoms with Gasteiger partial charge in [0.2, 0.25) is 5.91 Å². The molecule has 35 heavy (non-hydrogen) atoms. The quantitative estimate of drug-likeness (QED) is 0.427. The number of carbonyl (C=O) groups is 2. The van der Waals surface area contributed by atoms with Crippen molar-refractivity contribution in [1.82, 2.24) is 24.6 Å². The third-order valence-electron chi connectivity index (χ3n) is 6.59. The van der Waals surface area contributed by atoms with E-state index in [4.69, 9.17) is 9.40 Å². The summed E-state index contributed by atoms with van der Waals surface area (Å²) in [6.45, 7) is 3.98. The molecule has 1 aliphatic rings. The molecule has 8 heteroatoms. The van der Waals surface area contributed by atoms with Crippen LogP contribution < -0.4 is 0 Å². The fourth-order valence-electron chi connectivity index (χ4n) is 4.74. The zero-order valence-electron chi connectivity index (χ0n) is 20.1. The van der Waals surface area contributed by atoms with Crippen molar-refractivity contribution in [2.24, 2.45) is 7.05 Å². The van der Waals surface area contributed by atoms with Crippen LogP contribution in [-0.2, 0) is 18.3 Å². The van der Waals surface area contributed by atoms with Gasteiger partial charge in [0.15, 0.2) is 11.4 Å². The maximum absolute atomic E-state index is 13.6. The summed E-state index contributed by atoms with van der Waals surface area (Å²) in [6.07, 6.45) is 3.83. The standard InChI is InChI=1S/C27H29N5O3/c1-19-25-21(18-22(23-11-7-17-35-23)28-26(25)30(2)29-19)27(34)32-15-13-31(14-16-32)24(33)12-6-10-20-8-4-3-5-9-20/h3-5,7-9,11,17-18H,6,10,12-16H2,1-2H3. The van der Waals surface area contributed by atoms with Crippen molar-refractivity contribution in [3.63, 3.8) is 0 Å². The molecule has 0 aliphatic carbocycles. The normalized spacial score (nSPS) is 14.0. The number of aryl methyl sites for hydroxylation is 3. The zero-order chi connectivity index (χ0) is 24.4. The molecule has 1 aliphatic heterocycles. The van der Waals surface area contributed by atoms with Gasteiger partial charge in [0.05, 0.1) is 22.9 Å². The summed E-state index contributed by atoms with van der Waals surface area (Å²) in [6, 6.07) is 15.6. The average molecular weight is 472 g/mol. The van der Waals surface area contributed by atoms with Gasteiger partial charge < -0.3 is 14.2 Å². The van der Waals surface area contributed by atoms with Crippen LogP contribution in [0.5, 0.6) is 0 Å². The summed E-state index contributed by atoms with van der Waals surface area (Å²) in [4.78, 5) is 34.7. The molecule has 1 saturated heterocycles. The zero-order valence-corrected chi connectivity index (χ0v) is 20.1. The molecule has 0 unspecified atom stereocenters. The van der Waals surface area contributed by atoms with Crippen molar-refractivity contribution in [2.75, 3.05) is 26.2 Å². The van der Waals surface area contributed by atoms with Crippen LogP contribution in [0.4, 0.5) is 0 Å². The van der Waals surface area contributed by atoms with Crippen molar-refractivity contribution in [2.45, 2.75) is 26.2 Å². The van der Waals surface area contributed by atoms with Crippen LogP contribution in [0.3, 0.4) is 0 Å². The van der Waals surface area contributed by atoms with Crippen molar-refractivity contribution in [3.8, 4) is 11.5 Å². The lowest BCUT2D eigenvalue weighted by molar-refractivity contribution is -0.132. The van der Waals surface area contributed by atoms with Crippen molar-refractivity contribution >= 4 is 22.8 Å². The van der Waals surface area contributed by atoms with E-state index in [1.165, 1.54) is 5.56 Å². The smallest absolute Gasteiger partial charge is 0.254 e. The number of fused-ring (bicyclic) bond motifs is 1. The lowest BCUT2D eigenvalue weighted by atomic mass is 10.1. The Kier molecular flexibility index (Phi) is 6.35. The minimum Gasteiger partial charge on any atom is -0.463 e. The van der Waals surface area contributed by atoms with E-state index in [1.54, 1.807) is 23.1 Å². The highest BCUT2D eigenvalue weighted by atomic mass is 16.3. The van der Waals surface area contributed by atoms with E-state index < -0.39 is 0 Å². The molecule has 1 fully saturated rings. The van der Waals surface area contributed by atoms with Crippen LogP contribution in [-0.4, -0.2) is 62.6 Å². The first-order chi connectivity index (χ1) is 17.0. The van der Waals surface area contributed by atoms with Gasteiger partial charge in [0.25, 0.3) is 5.91 Å². The van der Waals surface area contributed by atoms with Crippen LogP contribution in [0.2, 0.25) is 0 Å². The number of rotatable bonds is 6. The Bertz CT molecular complexity index is 1340. The Labute approximate surface area is 204 Å². The van der Waals surface area contributed by atoms with Crippen LogP contribution in [0.15, 0.2) is 59.2 Å². The third kappa shape index (κ3) is 4.69. The molecule has 0 radical (unpaired) electrons. The number of pyridine rings is 1. The molecule has 0 saturated carbocycles. The highest BCUT2D eigenvalue weighted by molar-refractivity contribution is 6.07. The topological polar surface area (TPSA) is 84.5 Å². The minimum absolute atomic E-state index is 0.0718. The lowest BCUT2D eigenvalue weighted by Crippen LogP contribution is -2.50. The first kappa shape index (κ1) is 22.8. The van der Waals surface area contributed by atoms with Crippen LogP contribution in [0, 0.1) is 6.92 Å². The Morgan fingerprint density at radius 2 is 1.74 bits per heavy atom. The fraction of sp³-hybridized carbons (Fsp3) is 0.333. The summed E-state index contributed by atoms with van der Waals surface area (Å²) in [5.41, 5.74) is 3.82. The molecule has 0 spiro atoms. The molecule has 1 aromatic carbocycles. The monoisotopic (exact) mass is 471 g/mol. The number of benzene rings is 1. The van der Waals surface area contributed by atoms with Gasteiger partial charge in [-0.3, -0.25) is 14.3 Å². The maximum Gasteiger partial charge on any atom is 0.254 e. The van der Waals surface area contributed by atoms with Gasteiger partial charge in [-0.15, -0.1) is 0 Å². The molecule has 3 aromatic heterocycles. The number of nitrogens with zero attached hydrogens (tertiary/aromatic N) is 5. The molecule has 4 heterocycles. The summed E-state index contributed by atoms with van der Waals surface area (Å²) in [5, 5.41) is 5.24. The Balaban J connectivity index is 1.27. The molecular weight excluding hydrogens is 442 g/mol. The number of hydrogen-bond acceptors (Lipinski definition) is 5. The van der Waals surface area contributed by atoms with Crippen LogP contribution in [0.25, 0.3) is 22.5 Å². The largest absolute Gasteiger partial charge is 0.463 e. The number of carbonyl (C=O) groups excluding carboxylic acids is 2. The van der Waals surface area contributed by atoms with Crippen molar-refractivity contribution < 1.29 is 14.0 Å². The molecule has 5 rings (SSSR count). The summed E-state index contributed by atoms with van der Waals surface area (Å²) >= 11 is 0. The van der Waals surface area contributed by atoms with Crippen molar-refractivity contribution in [1.29, 1.82) is 0 Å². The van der Waals surface area contributed by atoms with Gasteiger partial charge in [-0.25, -0.2) is 4.98 Å². The SMILES string of the molecule is Cc1nn(C)c2nc(-c3ccco3)cc(C(=O)N3CCN(C(=O)CCCc4ccccc4)CC3)c12. The Hall–Kier alpha value is -3.94. The number of amides is 2. The van der Waals surface area contributed by atoms with E-state index in [0.29, 0.717) is 55.3 Å². The molecule has 0 N–H and O–H groups in total.